The number of anilines is 2. The van der Waals surface area contributed by atoms with Gasteiger partial charge >= 0.3 is 0 Å². The van der Waals surface area contributed by atoms with Crippen molar-refractivity contribution in [3.05, 3.63) is 76.5 Å². The molecule has 0 spiro atoms. The van der Waals surface area contributed by atoms with E-state index in [1.165, 1.54) is 12.1 Å². The highest BCUT2D eigenvalue weighted by atomic mass is 35.5. The lowest BCUT2D eigenvalue weighted by Crippen LogP contribution is -2.45. The molecule has 0 amide bonds. The molecule has 2 saturated carbocycles. The van der Waals surface area contributed by atoms with Gasteiger partial charge in [-0.25, -0.2) is 4.39 Å². The zero-order chi connectivity index (χ0) is 25.9. The second kappa shape index (κ2) is 8.54. The van der Waals surface area contributed by atoms with E-state index < -0.39 is 5.44 Å². The monoisotopic (exact) mass is 515 g/mol. The number of nitriles is 1. The van der Waals surface area contributed by atoms with Crippen LogP contribution >= 0.6 is 11.6 Å². The van der Waals surface area contributed by atoms with E-state index in [9.17, 15) is 9.65 Å². The zero-order valence-corrected chi connectivity index (χ0v) is 21.7. The van der Waals surface area contributed by atoms with Crippen LogP contribution in [0.5, 0.6) is 0 Å². The smallest absolute Gasteiger partial charge is 0.148 e. The van der Waals surface area contributed by atoms with Crippen LogP contribution in [0.3, 0.4) is 0 Å². The van der Waals surface area contributed by atoms with Crippen LogP contribution in [0.25, 0.3) is 10.9 Å². The van der Waals surface area contributed by atoms with Gasteiger partial charge in [0.05, 0.1) is 32.9 Å². The lowest BCUT2D eigenvalue weighted by molar-refractivity contribution is 0.260. The fourth-order valence-corrected chi connectivity index (χ4v) is 5.23. The molecule has 3 aliphatic rings. The van der Waals surface area contributed by atoms with Gasteiger partial charge < -0.3 is 16.1 Å². The minimum absolute atomic E-state index is 0.171. The Morgan fingerprint density at radius 1 is 1.27 bits per heavy atom. The molecule has 2 atom stereocenters. The van der Waals surface area contributed by atoms with Crippen LogP contribution in [0.15, 0.2) is 54.5 Å². The first-order valence-electron chi connectivity index (χ1n) is 12.5. The molecule has 2 aliphatic carbocycles. The Bertz CT molecular complexity index is 1460. The average molecular weight is 516 g/mol. The average Bonchev–Trinajstić information content (AvgIpc) is 3.75. The molecule has 7 nitrogen and oxygen atoms in total. The van der Waals surface area contributed by atoms with E-state index in [4.69, 9.17) is 11.6 Å². The van der Waals surface area contributed by atoms with Gasteiger partial charge in [-0.2, -0.15) is 5.26 Å². The Morgan fingerprint density at radius 2 is 2.00 bits per heavy atom. The van der Waals surface area contributed by atoms with Gasteiger partial charge in [0.1, 0.15) is 19.7 Å². The van der Waals surface area contributed by atoms with Crippen LogP contribution in [0.1, 0.15) is 44.2 Å². The van der Waals surface area contributed by atoms with E-state index in [-0.39, 0.29) is 17.3 Å². The van der Waals surface area contributed by atoms with Crippen molar-refractivity contribution >= 4 is 41.7 Å². The van der Waals surface area contributed by atoms with Crippen molar-refractivity contribution in [3.63, 3.8) is 0 Å². The summed E-state index contributed by atoms with van der Waals surface area (Å²) in [4.78, 5) is 4.49. The molecule has 3 aromatic rings. The first-order valence-corrected chi connectivity index (χ1v) is 12.9. The summed E-state index contributed by atoms with van der Waals surface area (Å²) in [6, 6.07) is 13.3. The third-order valence-electron chi connectivity index (χ3n) is 7.76. The minimum atomic E-state index is -0.742. The number of fused-ring (bicyclic) bond motifs is 1. The topological polar surface area (TPSA) is 88.0 Å². The second-order valence-corrected chi connectivity index (χ2v) is 11.5. The molecule has 1 aromatic heterocycles. The Labute approximate surface area is 221 Å². The first-order chi connectivity index (χ1) is 17.7. The predicted octanol–water partition coefficient (Wildman–Crippen LogP) is 4.34. The van der Waals surface area contributed by atoms with Crippen molar-refractivity contribution in [3.8, 4) is 6.07 Å². The van der Waals surface area contributed by atoms with E-state index >= 15 is 0 Å². The lowest BCUT2D eigenvalue weighted by atomic mass is 9.69. The number of rotatable bonds is 7. The zero-order valence-electron chi connectivity index (χ0n) is 21.0. The fraction of sp³-hybridized carbons (Fsp3) is 0.333. The molecular weight excluding hydrogens is 488 g/mol. The quantitative estimate of drug-likeness (QED) is 0.348. The molecule has 2 fully saturated rings. The largest absolute Gasteiger partial charge is 0.380 e. The molecule has 2 unspecified atom stereocenters. The minimum Gasteiger partial charge on any atom is -0.380 e. The van der Waals surface area contributed by atoms with E-state index in [1.54, 1.807) is 18.3 Å². The Balaban J connectivity index is 1.44. The molecule has 2 aromatic carbocycles. The highest BCUT2D eigenvalue weighted by Crippen LogP contribution is 2.48. The molecule has 0 bridgehead atoms. The summed E-state index contributed by atoms with van der Waals surface area (Å²) in [5, 5.41) is 20.4. The van der Waals surface area contributed by atoms with Crippen LogP contribution in [0, 0.1) is 22.6 Å². The number of hydrogen-bond donors (Lipinski definition) is 4. The van der Waals surface area contributed by atoms with E-state index in [2.05, 4.69) is 57.7 Å². The number of nitrogens with one attached hydrogen (secondary N) is 4. The second-order valence-electron chi connectivity index (χ2n) is 11.1. The molecular formula is C27H28BClFN7. The third kappa shape index (κ3) is 4.34. The maximum atomic E-state index is 13.8. The van der Waals surface area contributed by atoms with Crippen molar-refractivity contribution in [2.75, 3.05) is 10.6 Å². The maximum Gasteiger partial charge on any atom is 0.148 e. The van der Waals surface area contributed by atoms with Gasteiger partial charge in [0.15, 0.2) is 0 Å². The van der Waals surface area contributed by atoms with Crippen molar-refractivity contribution in [1.29, 1.82) is 5.26 Å². The molecule has 0 radical (unpaired) electrons. The standard InChI is InChI=1S/C27H28BClFN7/c1-26(2)11-22(26)33-24-15(12-31)13-32-25-20(24)9-18(10-21(25)29)34-27(28,16-3-5-17(30)6-4-16)23-14-37(36-35-23)19-7-8-19/h3-6,9-10,13-14,19,22,34-36H,7-8,11,28H2,1-2H3,(H,32,33). The number of nitrogens with zero attached hydrogens (tertiary/aromatic N) is 3. The van der Waals surface area contributed by atoms with Crippen molar-refractivity contribution in [1.82, 2.24) is 21.0 Å². The van der Waals surface area contributed by atoms with Gasteiger partial charge in [0.25, 0.3) is 0 Å². The lowest BCUT2D eigenvalue weighted by Gasteiger charge is -2.34. The third-order valence-corrected chi connectivity index (χ3v) is 8.05. The highest BCUT2D eigenvalue weighted by molar-refractivity contribution is 6.36. The molecule has 0 saturated heterocycles. The van der Waals surface area contributed by atoms with Crippen LogP contribution in [-0.2, 0) is 5.44 Å². The summed E-state index contributed by atoms with van der Waals surface area (Å²) >= 11 is 6.75. The molecule has 6 rings (SSSR count). The van der Waals surface area contributed by atoms with Crippen LogP contribution in [0.4, 0.5) is 15.8 Å². The number of hydrazine groups is 2. The number of aromatic nitrogens is 1. The van der Waals surface area contributed by atoms with Gasteiger partial charge in [-0.3, -0.25) is 9.99 Å². The number of halogens is 2. The normalized spacial score (nSPS) is 21.5. The maximum absolute atomic E-state index is 13.8. The van der Waals surface area contributed by atoms with E-state index in [1.807, 2.05) is 20.0 Å². The summed E-state index contributed by atoms with van der Waals surface area (Å²) in [5.74, 6) is -0.292. The van der Waals surface area contributed by atoms with E-state index in [0.717, 1.165) is 47.3 Å². The van der Waals surface area contributed by atoms with Gasteiger partial charge in [-0.05, 0) is 54.5 Å². The molecule has 10 heteroatoms. The van der Waals surface area contributed by atoms with Crippen molar-refractivity contribution in [2.24, 2.45) is 5.41 Å². The van der Waals surface area contributed by atoms with Gasteiger partial charge in [0, 0.05) is 35.6 Å². The number of pyridine rings is 1. The summed E-state index contributed by atoms with van der Waals surface area (Å²) < 4.78 is 13.8. The molecule has 188 valence electrons. The summed E-state index contributed by atoms with van der Waals surface area (Å²) in [6.45, 7) is 4.41. The highest BCUT2D eigenvalue weighted by Gasteiger charge is 2.46. The molecule has 4 N–H and O–H groups in total. The fourth-order valence-electron chi connectivity index (χ4n) is 4.96. The van der Waals surface area contributed by atoms with Crippen molar-refractivity contribution < 1.29 is 4.39 Å². The molecule has 37 heavy (non-hydrogen) atoms. The van der Waals surface area contributed by atoms with Crippen molar-refractivity contribution in [2.45, 2.75) is 50.6 Å². The summed E-state index contributed by atoms with van der Waals surface area (Å²) in [7, 11) is 2.05. The Kier molecular flexibility index (Phi) is 5.51. The SMILES string of the molecule is BC(Nc1cc(Cl)c2ncc(C#N)c(NC3CC3(C)C)c2c1)(C1=CN(C2CC2)NN1)c1ccc(F)cc1. The van der Waals surface area contributed by atoms with Gasteiger partial charge in [0.2, 0.25) is 0 Å². The van der Waals surface area contributed by atoms with E-state index in [0.29, 0.717) is 22.1 Å². The summed E-state index contributed by atoms with van der Waals surface area (Å²) in [5.41, 5.74) is 10.4. The summed E-state index contributed by atoms with van der Waals surface area (Å²) in [6.07, 6.45) is 6.95. The van der Waals surface area contributed by atoms with Gasteiger partial charge in [-0.1, -0.05) is 37.6 Å². The van der Waals surface area contributed by atoms with Gasteiger partial charge in [-0.15, -0.1) is 5.53 Å². The molecule has 2 heterocycles. The molecule has 1 aliphatic heterocycles. The van der Waals surface area contributed by atoms with Crippen LogP contribution in [-0.4, -0.2) is 29.9 Å². The number of benzene rings is 2. The number of hydrogen-bond acceptors (Lipinski definition) is 7. The predicted molar refractivity (Wildman–Crippen MR) is 147 cm³/mol. The first kappa shape index (κ1) is 23.9. The Morgan fingerprint density at radius 3 is 2.65 bits per heavy atom. The van der Waals surface area contributed by atoms with Crippen LogP contribution < -0.4 is 21.6 Å². The Hall–Kier alpha value is -3.48. The van der Waals surface area contributed by atoms with Crippen LogP contribution in [0.2, 0.25) is 5.02 Å².